The maximum Gasteiger partial charge on any atom is 0.416 e. The van der Waals surface area contributed by atoms with E-state index in [0.29, 0.717) is 0 Å². The van der Waals surface area contributed by atoms with Crippen molar-refractivity contribution in [3.63, 3.8) is 0 Å². The fourth-order valence-electron chi connectivity index (χ4n) is 3.21. The predicted molar refractivity (Wildman–Crippen MR) is 103 cm³/mol. The molecule has 4 aromatic rings. The Bertz CT molecular complexity index is 1170. The molecular formula is C23H13F6N. The van der Waals surface area contributed by atoms with Crippen molar-refractivity contribution in [3.8, 4) is 22.3 Å². The van der Waals surface area contributed by atoms with Gasteiger partial charge in [0, 0.05) is 17.1 Å². The van der Waals surface area contributed by atoms with E-state index in [1.807, 2.05) is 30.3 Å². The summed E-state index contributed by atoms with van der Waals surface area (Å²) in [6, 6.07) is 17.3. The number of alkyl halides is 6. The summed E-state index contributed by atoms with van der Waals surface area (Å²) in [5.74, 6) is 0. The largest absolute Gasteiger partial charge is 0.416 e. The van der Waals surface area contributed by atoms with Gasteiger partial charge in [0.15, 0.2) is 0 Å². The summed E-state index contributed by atoms with van der Waals surface area (Å²) in [6.45, 7) is 0. The molecule has 0 aliphatic rings. The first-order valence-corrected chi connectivity index (χ1v) is 8.86. The van der Waals surface area contributed by atoms with Crippen LogP contribution in [0.5, 0.6) is 0 Å². The number of rotatable bonds is 2. The number of nitrogens with zero attached hydrogens (tertiary/aromatic N) is 1. The van der Waals surface area contributed by atoms with Crippen molar-refractivity contribution in [3.05, 3.63) is 90.1 Å². The molecule has 0 radical (unpaired) electrons. The first-order chi connectivity index (χ1) is 14.1. The molecule has 7 heteroatoms. The van der Waals surface area contributed by atoms with Crippen LogP contribution in [0.3, 0.4) is 0 Å². The van der Waals surface area contributed by atoms with Crippen molar-refractivity contribution >= 4 is 10.9 Å². The van der Waals surface area contributed by atoms with Crippen LogP contribution in [0, 0.1) is 0 Å². The van der Waals surface area contributed by atoms with Crippen LogP contribution in [0.2, 0.25) is 0 Å². The van der Waals surface area contributed by atoms with Crippen LogP contribution in [-0.4, -0.2) is 4.98 Å². The smallest absolute Gasteiger partial charge is 0.256 e. The molecule has 0 amide bonds. The minimum absolute atomic E-state index is 0.124. The number of benzene rings is 3. The summed E-state index contributed by atoms with van der Waals surface area (Å²) in [5, 5.41) is 0.923. The number of fused-ring (bicyclic) bond motifs is 1. The van der Waals surface area contributed by atoms with Gasteiger partial charge in [-0.2, -0.15) is 26.3 Å². The van der Waals surface area contributed by atoms with E-state index in [2.05, 4.69) is 4.98 Å². The third kappa shape index (κ3) is 4.01. The van der Waals surface area contributed by atoms with Gasteiger partial charge in [-0.3, -0.25) is 4.98 Å². The normalized spacial score (nSPS) is 12.3. The fourth-order valence-corrected chi connectivity index (χ4v) is 3.21. The quantitative estimate of drug-likeness (QED) is 0.306. The summed E-state index contributed by atoms with van der Waals surface area (Å²) >= 11 is 0. The van der Waals surface area contributed by atoms with E-state index in [1.54, 1.807) is 18.3 Å². The monoisotopic (exact) mass is 417 g/mol. The van der Waals surface area contributed by atoms with Gasteiger partial charge in [0.05, 0.1) is 16.6 Å². The van der Waals surface area contributed by atoms with Gasteiger partial charge in [0.25, 0.3) is 0 Å². The van der Waals surface area contributed by atoms with Gasteiger partial charge < -0.3 is 0 Å². The van der Waals surface area contributed by atoms with Gasteiger partial charge in [-0.05, 0) is 47.0 Å². The van der Waals surface area contributed by atoms with Crippen molar-refractivity contribution in [2.24, 2.45) is 0 Å². The predicted octanol–water partition coefficient (Wildman–Crippen LogP) is 7.61. The Hall–Kier alpha value is -3.35. The maximum absolute atomic E-state index is 13.1. The molecule has 0 bridgehead atoms. The lowest BCUT2D eigenvalue weighted by atomic mass is 9.97. The Morgan fingerprint density at radius 1 is 0.533 bits per heavy atom. The number of hydrogen-bond donors (Lipinski definition) is 0. The highest BCUT2D eigenvalue weighted by Crippen LogP contribution is 2.39. The molecule has 1 aromatic heterocycles. The standard InChI is InChI=1S/C23H13F6N/c24-22(25,26)19-10-17(11-20(12-19)23(27,28)29)14-5-7-15(8-6-14)18-9-16-3-1-2-4-21(16)30-13-18/h1-13H. The lowest BCUT2D eigenvalue weighted by Crippen LogP contribution is -2.11. The lowest BCUT2D eigenvalue weighted by Gasteiger charge is -2.14. The van der Waals surface area contributed by atoms with Crippen molar-refractivity contribution in [1.29, 1.82) is 0 Å². The van der Waals surface area contributed by atoms with Gasteiger partial charge in [-0.1, -0.05) is 42.5 Å². The minimum Gasteiger partial charge on any atom is -0.256 e. The lowest BCUT2D eigenvalue weighted by molar-refractivity contribution is -0.143. The summed E-state index contributed by atoms with van der Waals surface area (Å²) in [6.07, 6.45) is -8.09. The van der Waals surface area contributed by atoms with Crippen LogP contribution < -0.4 is 0 Å². The highest BCUT2D eigenvalue weighted by atomic mass is 19.4. The molecule has 0 saturated carbocycles. The van der Waals surface area contributed by atoms with E-state index in [-0.39, 0.29) is 17.2 Å². The Balaban J connectivity index is 1.74. The molecule has 30 heavy (non-hydrogen) atoms. The number of pyridine rings is 1. The second kappa shape index (κ2) is 7.16. The van der Waals surface area contributed by atoms with Gasteiger partial charge >= 0.3 is 12.4 Å². The summed E-state index contributed by atoms with van der Waals surface area (Å²) in [7, 11) is 0. The maximum atomic E-state index is 13.1. The molecule has 1 nitrogen and oxygen atoms in total. The summed E-state index contributed by atoms with van der Waals surface area (Å²) < 4.78 is 78.5. The topological polar surface area (TPSA) is 12.9 Å². The summed E-state index contributed by atoms with van der Waals surface area (Å²) in [4.78, 5) is 4.37. The SMILES string of the molecule is FC(F)(F)c1cc(-c2ccc(-c3cnc4ccccc4c3)cc2)cc(C(F)(F)F)c1. The van der Waals surface area contributed by atoms with Crippen molar-refractivity contribution in [1.82, 2.24) is 4.98 Å². The van der Waals surface area contributed by atoms with Crippen LogP contribution in [-0.2, 0) is 12.4 Å². The van der Waals surface area contributed by atoms with E-state index >= 15 is 0 Å². The second-order valence-electron chi connectivity index (χ2n) is 6.79. The Labute approximate surface area is 167 Å². The molecule has 0 aliphatic heterocycles. The second-order valence-corrected chi connectivity index (χ2v) is 6.79. The third-order valence-corrected chi connectivity index (χ3v) is 4.73. The molecule has 0 spiro atoms. The Morgan fingerprint density at radius 3 is 1.63 bits per heavy atom. The molecule has 0 saturated heterocycles. The highest BCUT2D eigenvalue weighted by molar-refractivity contribution is 5.83. The molecule has 0 unspecified atom stereocenters. The van der Waals surface area contributed by atoms with Crippen LogP contribution in [0.25, 0.3) is 33.2 Å². The first kappa shape index (κ1) is 19.9. The molecule has 4 rings (SSSR count). The summed E-state index contributed by atoms with van der Waals surface area (Å²) in [5.41, 5.74) is -0.212. The Kier molecular flexibility index (Phi) is 4.76. The van der Waals surface area contributed by atoms with Gasteiger partial charge in [0.2, 0.25) is 0 Å². The zero-order valence-corrected chi connectivity index (χ0v) is 15.2. The van der Waals surface area contributed by atoms with Crippen LogP contribution in [0.15, 0.2) is 79.0 Å². The van der Waals surface area contributed by atoms with Crippen molar-refractivity contribution in [2.45, 2.75) is 12.4 Å². The number of para-hydroxylation sites is 1. The molecule has 0 N–H and O–H groups in total. The first-order valence-electron chi connectivity index (χ1n) is 8.86. The van der Waals surface area contributed by atoms with Gasteiger partial charge in [-0.15, -0.1) is 0 Å². The molecule has 0 fully saturated rings. The number of halogens is 6. The van der Waals surface area contributed by atoms with Gasteiger partial charge in [0.1, 0.15) is 0 Å². The molecule has 152 valence electrons. The number of hydrogen-bond acceptors (Lipinski definition) is 1. The van der Waals surface area contributed by atoms with Crippen LogP contribution in [0.4, 0.5) is 26.3 Å². The van der Waals surface area contributed by atoms with E-state index in [0.717, 1.165) is 34.2 Å². The van der Waals surface area contributed by atoms with Crippen molar-refractivity contribution < 1.29 is 26.3 Å². The van der Waals surface area contributed by atoms with E-state index < -0.39 is 23.5 Å². The molecule has 1 heterocycles. The fraction of sp³-hybridized carbons (Fsp3) is 0.0870. The zero-order valence-electron chi connectivity index (χ0n) is 15.2. The average Bonchev–Trinajstić information content (AvgIpc) is 2.72. The molecule has 0 aliphatic carbocycles. The van der Waals surface area contributed by atoms with Gasteiger partial charge in [-0.25, -0.2) is 0 Å². The average molecular weight is 417 g/mol. The molecule has 0 atom stereocenters. The third-order valence-electron chi connectivity index (χ3n) is 4.73. The zero-order chi connectivity index (χ0) is 21.5. The van der Waals surface area contributed by atoms with Crippen LogP contribution >= 0.6 is 0 Å². The van der Waals surface area contributed by atoms with E-state index in [1.165, 1.54) is 12.1 Å². The van der Waals surface area contributed by atoms with E-state index in [4.69, 9.17) is 0 Å². The molecule has 3 aromatic carbocycles. The minimum atomic E-state index is -4.88. The van der Waals surface area contributed by atoms with Crippen LogP contribution in [0.1, 0.15) is 11.1 Å². The number of aromatic nitrogens is 1. The Morgan fingerprint density at radius 2 is 1.07 bits per heavy atom. The van der Waals surface area contributed by atoms with Crippen molar-refractivity contribution in [2.75, 3.05) is 0 Å². The van der Waals surface area contributed by atoms with E-state index in [9.17, 15) is 26.3 Å². The molecular weight excluding hydrogens is 404 g/mol. The highest BCUT2D eigenvalue weighted by Gasteiger charge is 2.37.